The molecule has 0 unspecified atom stereocenters. The predicted octanol–water partition coefficient (Wildman–Crippen LogP) is 4.45. The van der Waals surface area contributed by atoms with Gasteiger partial charge in [-0.1, -0.05) is 16.8 Å². The average Bonchev–Trinajstić information content (AvgIpc) is 3.20. The summed E-state index contributed by atoms with van der Waals surface area (Å²) in [6.45, 7) is 0.628. The second kappa shape index (κ2) is 5.02. The molecule has 6 heteroatoms. The number of fused-ring (bicyclic) bond motifs is 1. The van der Waals surface area contributed by atoms with Gasteiger partial charge in [0, 0.05) is 23.8 Å². The van der Waals surface area contributed by atoms with Gasteiger partial charge in [-0.15, -0.1) is 11.3 Å². The van der Waals surface area contributed by atoms with Gasteiger partial charge in [0.25, 0.3) is 0 Å². The molecule has 0 aliphatic rings. The van der Waals surface area contributed by atoms with Gasteiger partial charge in [0.05, 0.1) is 15.8 Å². The largest absolute Gasteiger partial charge is 0.355 e. The van der Waals surface area contributed by atoms with Crippen molar-refractivity contribution in [3.8, 4) is 10.6 Å². The van der Waals surface area contributed by atoms with E-state index in [1.807, 2.05) is 42.6 Å². The molecule has 0 saturated carbocycles. The maximum Gasteiger partial charge on any atom is 0.177 e. The van der Waals surface area contributed by atoms with E-state index in [4.69, 9.17) is 16.1 Å². The Balaban J connectivity index is 1.64. The van der Waals surface area contributed by atoms with E-state index in [1.165, 1.54) is 11.3 Å². The predicted molar refractivity (Wildman–Crippen MR) is 83.7 cm³/mol. The summed E-state index contributed by atoms with van der Waals surface area (Å²) in [4.78, 5) is 5.38. The number of pyridine rings is 1. The van der Waals surface area contributed by atoms with Crippen LogP contribution in [0.15, 0.2) is 53.3 Å². The number of halogens is 1. The summed E-state index contributed by atoms with van der Waals surface area (Å²) in [5, 5.41) is 5.24. The topological polar surface area (TPSA) is 43.9 Å². The SMILES string of the molecule is Clc1ccc(-c2cc(Cn3ccc4cccnc43)no2)s1. The Morgan fingerprint density at radius 2 is 2.19 bits per heavy atom. The molecule has 104 valence electrons. The molecule has 0 spiro atoms. The van der Waals surface area contributed by atoms with Gasteiger partial charge in [0.1, 0.15) is 11.3 Å². The van der Waals surface area contributed by atoms with Gasteiger partial charge in [-0.3, -0.25) is 0 Å². The molecule has 0 saturated heterocycles. The fourth-order valence-corrected chi connectivity index (χ4v) is 3.26. The van der Waals surface area contributed by atoms with Crippen LogP contribution in [-0.2, 0) is 6.54 Å². The Bertz CT molecular complexity index is 908. The summed E-state index contributed by atoms with van der Waals surface area (Å²) in [5.74, 6) is 0.742. The Hall–Kier alpha value is -2.11. The Morgan fingerprint density at radius 3 is 3.05 bits per heavy atom. The molecule has 0 aliphatic carbocycles. The second-order valence-corrected chi connectivity index (χ2v) is 6.36. The van der Waals surface area contributed by atoms with Crippen molar-refractivity contribution in [3.63, 3.8) is 0 Å². The second-order valence-electron chi connectivity index (χ2n) is 4.65. The van der Waals surface area contributed by atoms with Crippen LogP contribution in [0.4, 0.5) is 0 Å². The number of nitrogens with zero attached hydrogens (tertiary/aromatic N) is 3. The molecule has 0 amide bonds. The summed E-state index contributed by atoms with van der Waals surface area (Å²) in [5.41, 5.74) is 1.80. The molecule has 0 atom stereocenters. The zero-order valence-electron chi connectivity index (χ0n) is 10.9. The van der Waals surface area contributed by atoms with E-state index in [2.05, 4.69) is 14.7 Å². The van der Waals surface area contributed by atoms with Crippen LogP contribution < -0.4 is 0 Å². The average molecular weight is 316 g/mol. The maximum atomic E-state index is 5.94. The van der Waals surface area contributed by atoms with E-state index in [1.54, 1.807) is 6.20 Å². The van der Waals surface area contributed by atoms with Crippen molar-refractivity contribution in [2.24, 2.45) is 0 Å². The monoisotopic (exact) mass is 315 g/mol. The number of hydrogen-bond acceptors (Lipinski definition) is 4. The van der Waals surface area contributed by atoms with Crippen molar-refractivity contribution < 1.29 is 4.52 Å². The van der Waals surface area contributed by atoms with E-state index in [9.17, 15) is 0 Å². The molecule has 0 aliphatic heterocycles. The van der Waals surface area contributed by atoms with Gasteiger partial charge < -0.3 is 9.09 Å². The Kier molecular flexibility index (Phi) is 3.02. The first-order chi connectivity index (χ1) is 10.3. The summed E-state index contributed by atoms with van der Waals surface area (Å²) < 4.78 is 8.19. The minimum Gasteiger partial charge on any atom is -0.355 e. The fourth-order valence-electron chi connectivity index (χ4n) is 2.27. The molecule has 4 aromatic heterocycles. The molecule has 4 heterocycles. The van der Waals surface area contributed by atoms with Crippen LogP contribution in [0, 0.1) is 0 Å². The van der Waals surface area contributed by atoms with E-state index < -0.39 is 0 Å². The van der Waals surface area contributed by atoms with E-state index in [0.717, 1.165) is 31.7 Å². The molecular weight excluding hydrogens is 306 g/mol. The van der Waals surface area contributed by atoms with Crippen molar-refractivity contribution in [1.29, 1.82) is 0 Å². The third kappa shape index (κ3) is 2.34. The molecule has 0 radical (unpaired) electrons. The highest BCUT2D eigenvalue weighted by molar-refractivity contribution is 7.19. The van der Waals surface area contributed by atoms with Crippen LogP contribution in [-0.4, -0.2) is 14.7 Å². The van der Waals surface area contributed by atoms with E-state index in [-0.39, 0.29) is 0 Å². The van der Waals surface area contributed by atoms with E-state index in [0.29, 0.717) is 6.54 Å². The zero-order chi connectivity index (χ0) is 14.2. The van der Waals surface area contributed by atoms with Crippen molar-refractivity contribution in [2.45, 2.75) is 6.54 Å². The quantitative estimate of drug-likeness (QED) is 0.561. The highest BCUT2D eigenvalue weighted by atomic mass is 35.5. The number of thiophene rings is 1. The molecule has 0 fully saturated rings. The molecule has 0 aromatic carbocycles. The van der Waals surface area contributed by atoms with Crippen LogP contribution in [0.3, 0.4) is 0 Å². The van der Waals surface area contributed by atoms with E-state index >= 15 is 0 Å². The smallest absolute Gasteiger partial charge is 0.177 e. The minimum absolute atomic E-state index is 0.628. The maximum absolute atomic E-state index is 5.94. The zero-order valence-corrected chi connectivity index (χ0v) is 12.4. The molecule has 4 nitrogen and oxygen atoms in total. The van der Waals surface area contributed by atoms with Crippen LogP contribution in [0.2, 0.25) is 4.34 Å². The molecule has 4 aromatic rings. The van der Waals surface area contributed by atoms with Crippen molar-refractivity contribution in [3.05, 3.63) is 58.8 Å². The standard InChI is InChI=1S/C15H10ClN3OS/c16-14-4-3-13(21-14)12-8-11(18-20-12)9-19-7-5-10-2-1-6-17-15(10)19/h1-8H,9H2. The molecule has 0 bridgehead atoms. The third-order valence-corrected chi connectivity index (χ3v) is 4.48. The first kappa shape index (κ1) is 12.6. The van der Waals surface area contributed by atoms with Gasteiger partial charge in [-0.2, -0.15) is 0 Å². The molecule has 21 heavy (non-hydrogen) atoms. The van der Waals surface area contributed by atoms with Crippen LogP contribution in [0.25, 0.3) is 21.7 Å². The first-order valence-corrected chi connectivity index (χ1v) is 7.60. The van der Waals surface area contributed by atoms with Crippen molar-refractivity contribution in [1.82, 2.24) is 14.7 Å². The summed E-state index contributed by atoms with van der Waals surface area (Å²) >= 11 is 7.42. The van der Waals surface area contributed by atoms with Gasteiger partial charge in [0.15, 0.2) is 5.76 Å². The van der Waals surface area contributed by atoms with Gasteiger partial charge >= 0.3 is 0 Å². The third-order valence-electron chi connectivity index (χ3n) is 3.23. The first-order valence-electron chi connectivity index (χ1n) is 6.41. The minimum atomic E-state index is 0.628. The highest BCUT2D eigenvalue weighted by Gasteiger charge is 2.10. The van der Waals surface area contributed by atoms with Crippen LogP contribution in [0.5, 0.6) is 0 Å². The van der Waals surface area contributed by atoms with Gasteiger partial charge in [-0.05, 0) is 30.3 Å². The normalized spacial score (nSPS) is 11.3. The summed E-state index contributed by atoms with van der Waals surface area (Å²) in [7, 11) is 0. The number of aromatic nitrogens is 3. The fraction of sp³-hybridized carbons (Fsp3) is 0.0667. The lowest BCUT2D eigenvalue weighted by atomic mass is 10.3. The summed E-state index contributed by atoms with van der Waals surface area (Å²) in [6, 6.07) is 11.7. The van der Waals surface area contributed by atoms with Gasteiger partial charge in [-0.25, -0.2) is 4.98 Å². The highest BCUT2D eigenvalue weighted by Crippen LogP contribution is 2.31. The lowest BCUT2D eigenvalue weighted by molar-refractivity contribution is 0.422. The van der Waals surface area contributed by atoms with Crippen molar-refractivity contribution >= 4 is 34.0 Å². The van der Waals surface area contributed by atoms with Crippen molar-refractivity contribution in [2.75, 3.05) is 0 Å². The van der Waals surface area contributed by atoms with Crippen LogP contribution in [0.1, 0.15) is 5.69 Å². The Morgan fingerprint density at radius 1 is 1.24 bits per heavy atom. The molecule has 4 rings (SSSR count). The van der Waals surface area contributed by atoms with Gasteiger partial charge in [0.2, 0.25) is 0 Å². The summed E-state index contributed by atoms with van der Waals surface area (Å²) in [6.07, 6.45) is 3.80. The molecular formula is C15H10ClN3OS. The lowest BCUT2D eigenvalue weighted by Gasteiger charge is -2.00. The number of rotatable bonds is 3. The molecule has 0 N–H and O–H groups in total. The lowest BCUT2D eigenvalue weighted by Crippen LogP contribution is -1.98. The number of hydrogen-bond donors (Lipinski definition) is 0. The van der Waals surface area contributed by atoms with Crippen LogP contribution >= 0.6 is 22.9 Å². The Labute approximate surface area is 129 Å².